The first-order chi connectivity index (χ1) is 10.1. The Labute approximate surface area is 127 Å². The Morgan fingerprint density at radius 2 is 2.10 bits per heavy atom. The lowest BCUT2D eigenvalue weighted by atomic mass is 9.99. The van der Waals surface area contributed by atoms with Crippen LogP contribution < -0.4 is 5.32 Å². The number of nitrogens with zero attached hydrogens (tertiary/aromatic N) is 4. The zero-order valence-electron chi connectivity index (χ0n) is 14.0. The second kappa shape index (κ2) is 7.33. The number of nitrogens with one attached hydrogen (secondary N) is 1. The van der Waals surface area contributed by atoms with Crippen molar-refractivity contribution in [2.45, 2.75) is 45.2 Å². The lowest BCUT2D eigenvalue weighted by molar-refractivity contribution is 0.108. The first-order valence-corrected chi connectivity index (χ1v) is 8.02. The van der Waals surface area contributed by atoms with Gasteiger partial charge in [0, 0.05) is 25.7 Å². The molecule has 1 saturated heterocycles. The zero-order chi connectivity index (χ0) is 15.4. The van der Waals surface area contributed by atoms with Crippen LogP contribution in [0.1, 0.15) is 50.9 Å². The number of aromatic nitrogens is 2. The maximum absolute atomic E-state index is 5.55. The fourth-order valence-corrected chi connectivity index (χ4v) is 2.97. The molecule has 2 rings (SSSR count). The fraction of sp³-hybridized carbons (Fsp3) is 0.867. The van der Waals surface area contributed by atoms with E-state index in [9.17, 15) is 0 Å². The maximum atomic E-state index is 5.55. The van der Waals surface area contributed by atoms with Crippen LogP contribution in [0.5, 0.6) is 0 Å². The molecule has 1 fully saturated rings. The molecule has 0 amide bonds. The van der Waals surface area contributed by atoms with Crippen LogP contribution in [0.15, 0.2) is 4.52 Å². The molecule has 0 spiro atoms. The molecule has 1 N–H and O–H groups in total. The smallest absolute Gasteiger partial charge is 0.231 e. The minimum absolute atomic E-state index is 0.229. The summed E-state index contributed by atoms with van der Waals surface area (Å²) in [6.07, 6.45) is 1.05. The van der Waals surface area contributed by atoms with Crippen LogP contribution in [0.4, 0.5) is 0 Å². The molecule has 6 nitrogen and oxygen atoms in total. The standard InChI is InChI=1S/C15H29N5O/c1-6-12(16-7-2)11(3)15-17-14(18-21-15)13-10-19(4)8-9-20(13)5/h11-13,16H,6-10H2,1-5H3. The highest BCUT2D eigenvalue weighted by Crippen LogP contribution is 2.25. The van der Waals surface area contributed by atoms with E-state index in [0.717, 1.165) is 44.3 Å². The third-order valence-corrected chi connectivity index (χ3v) is 4.51. The number of likely N-dealkylation sites (N-methyl/N-ethyl adjacent to an activating group) is 3. The molecule has 1 aromatic rings. The minimum atomic E-state index is 0.229. The first kappa shape index (κ1) is 16.4. The van der Waals surface area contributed by atoms with Crippen molar-refractivity contribution >= 4 is 0 Å². The van der Waals surface area contributed by atoms with Crippen LogP contribution in [-0.4, -0.2) is 66.3 Å². The Morgan fingerprint density at radius 1 is 1.33 bits per heavy atom. The number of hydrogen-bond donors (Lipinski definition) is 1. The second-order valence-corrected chi connectivity index (χ2v) is 6.11. The summed E-state index contributed by atoms with van der Waals surface area (Å²) in [5, 5.41) is 7.73. The molecule has 21 heavy (non-hydrogen) atoms. The molecule has 0 bridgehead atoms. The van der Waals surface area contributed by atoms with Crippen molar-refractivity contribution in [3.8, 4) is 0 Å². The molecule has 1 aliphatic heterocycles. The molecule has 6 heteroatoms. The number of hydrogen-bond acceptors (Lipinski definition) is 6. The van der Waals surface area contributed by atoms with E-state index in [1.807, 2.05) is 0 Å². The molecule has 0 radical (unpaired) electrons. The predicted molar refractivity (Wildman–Crippen MR) is 83.3 cm³/mol. The average Bonchev–Trinajstić information content (AvgIpc) is 2.96. The molecule has 120 valence electrons. The van der Waals surface area contributed by atoms with Crippen molar-refractivity contribution < 1.29 is 4.52 Å². The lowest BCUT2D eigenvalue weighted by Crippen LogP contribution is -2.45. The Balaban J connectivity index is 2.09. The zero-order valence-corrected chi connectivity index (χ0v) is 14.0. The van der Waals surface area contributed by atoms with E-state index in [1.54, 1.807) is 0 Å². The monoisotopic (exact) mass is 295 g/mol. The van der Waals surface area contributed by atoms with Gasteiger partial charge in [0.2, 0.25) is 5.89 Å². The van der Waals surface area contributed by atoms with Gasteiger partial charge in [-0.1, -0.05) is 25.9 Å². The van der Waals surface area contributed by atoms with Crippen molar-refractivity contribution in [1.82, 2.24) is 25.3 Å². The van der Waals surface area contributed by atoms with E-state index < -0.39 is 0 Å². The van der Waals surface area contributed by atoms with Gasteiger partial charge in [-0.2, -0.15) is 4.98 Å². The molecule has 0 aliphatic carbocycles. The molecule has 1 aliphatic rings. The molecular weight excluding hydrogens is 266 g/mol. The summed E-state index contributed by atoms with van der Waals surface area (Å²) < 4.78 is 5.55. The Hall–Kier alpha value is -0.980. The Bertz CT molecular complexity index is 435. The van der Waals surface area contributed by atoms with Crippen molar-refractivity contribution in [2.24, 2.45) is 0 Å². The topological polar surface area (TPSA) is 57.4 Å². The fourth-order valence-electron chi connectivity index (χ4n) is 2.97. The summed E-state index contributed by atoms with van der Waals surface area (Å²) in [5.74, 6) is 1.81. The van der Waals surface area contributed by atoms with Gasteiger partial charge in [-0.3, -0.25) is 4.90 Å². The van der Waals surface area contributed by atoms with Crippen molar-refractivity contribution in [3.63, 3.8) is 0 Å². The van der Waals surface area contributed by atoms with Gasteiger partial charge in [0.1, 0.15) is 0 Å². The summed E-state index contributed by atoms with van der Waals surface area (Å²) in [6.45, 7) is 10.5. The second-order valence-electron chi connectivity index (χ2n) is 6.11. The number of rotatable bonds is 6. The number of piperazine rings is 1. The maximum Gasteiger partial charge on any atom is 0.231 e. The molecule has 3 atom stereocenters. The highest BCUT2D eigenvalue weighted by atomic mass is 16.5. The van der Waals surface area contributed by atoms with Gasteiger partial charge < -0.3 is 14.7 Å². The Morgan fingerprint density at radius 3 is 2.76 bits per heavy atom. The summed E-state index contributed by atoms with van der Waals surface area (Å²) >= 11 is 0. The van der Waals surface area contributed by atoms with E-state index >= 15 is 0 Å². The van der Waals surface area contributed by atoms with Crippen LogP contribution in [0.3, 0.4) is 0 Å². The largest absolute Gasteiger partial charge is 0.339 e. The third-order valence-electron chi connectivity index (χ3n) is 4.51. The van der Waals surface area contributed by atoms with Crippen LogP contribution in [0.25, 0.3) is 0 Å². The highest BCUT2D eigenvalue weighted by molar-refractivity contribution is 5.02. The van der Waals surface area contributed by atoms with Gasteiger partial charge in [-0.25, -0.2) is 0 Å². The van der Waals surface area contributed by atoms with E-state index in [2.05, 4.69) is 60.1 Å². The van der Waals surface area contributed by atoms with Crippen LogP contribution >= 0.6 is 0 Å². The van der Waals surface area contributed by atoms with Crippen molar-refractivity contribution in [1.29, 1.82) is 0 Å². The molecule has 3 unspecified atom stereocenters. The van der Waals surface area contributed by atoms with Gasteiger partial charge in [0.25, 0.3) is 0 Å². The normalized spacial score (nSPS) is 24.1. The minimum Gasteiger partial charge on any atom is -0.339 e. The third kappa shape index (κ3) is 3.81. The molecule has 1 aromatic heterocycles. The Kier molecular flexibility index (Phi) is 5.72. The van der Waals surface area contributed by atoms with Gasteiger partial charge in [0.05, 0.1) is 12.0 Å². The lowest BCUT2D eigenvalue weighted by Gasteiger charge is -2.35. The van der Waals surface area contributed by atoms with E-state index in [4.69, 9.17) is 4.52 Å². The van der Waals surface area contributed by atoms with Crippen molar-refractivity contribution in [2.75, 3.05) is 40.3 Å². The van der Waals surface area contributed by atoms with Gasteiger partial charge in [-0.15, -0.1) is 0 Å². The van der Waals surface area contributed by atoms with Crippen LogP contribution in [-0.2, 0) is 0 Å². The van der Waals surface area contributed by atoms with Gasteiger partial charge in [0.15, 0.2) is 5.82 Å². The van der Waals surface area contributed by atoms with Gasteiger partial charge in [-0.05, 0) is 27.1 Å². The SMILES string of the molecule is CCNC(CC)C(C)c1nc(C2CN(C)CCN2C)no1. The predicted octanol–water partition coefficient (Wildman–Crippen LogP) is 1.48. The highest BCUT2D eigenvalue weighted by Gasteiger charge is 2.29. The van der Waals surface area contributed by atoms with E-state index in [-0.39, 0.29) is 12.0 Å². The van der Waals surface area contributed by atoms with E-state index in [0.29, 0.717) is 6.04 Å². The summed E-state index contributed by atoms with van der Waals surface area (Å²) in [5.41, 5.74) is 0. The summed E-state index contributed by atoms with van der Waals surface area (Å²) in [6, 6.07) is 0.614. The molecule has 0 aromatic carbocycles. The van der Waals surface area contributed by atoms with Crippen LogP contribution in [0, 0.1) is 0 Å². The van der Waals surface area contributed by atoms with Crippen molar-refractivity contribution in [3.05, 3.63) is 11.7 Å². The average molecular weight is 295 g/mol. The van der Waals surface area contributed by atoms with Crippen LogP contribution in [0.2, 0.25) is 0 Å². The van der Waals surface area contributed by atoms with Gasteiger partial charge >= 0.3 is 0 Å². The molecule has 0 saturated carbocycles. The summed E-state index contributed by atoms with van der Waals surface area (Å²) in [4.78, 5) is 9.31. The molecule has 2 heterocycles. The quantitative estimate of drug-likeness (QED) is 0.858. The van der Waals surface area contributed by atoms with E-state index in [1.165, 1.54) is 0 Å². The summed E-state index contributed by atoms with van der Waals surface area (Å²) in [7, 11) is 4.27. The first-order valence-electron chi connectivity index (χ1n) is 8.02. The molecular formula is C15H29N5O.